The fourth-order valence-corrected chi connectivity index (χ4v) is 8.95. The van der Waals surface area contributed by atoms with Gasteiger partial charge in [-0.3, -0.25) is 0 Å². The van der Waals surface area contributed by atoms with Crippen molar-refractivity contribution in [1.82, 2.24) is 0 Å². The monoisotopic (exact) mass is 378 g/mol. The molecule has 5 aliphatic rings. The number of fused-ring (bicyclic) bond motifs is 5. The smallest absolute Gasteiger partial charge is 0.169 e. The minimum absolute atomic E-state index is 0.108. The van der Waals surface area contributed by atoms with Crippen molar-refractivity contribution in [2.45, 2.75) is 90.1 Å². The van der Waals surface area contributed by atoms with E-state index in [9.17, 15) is 10.2 Å². The van der Waals surface area contributed by atoms with Crippen LogP contribution < -0.4 is 0 Å². The van der Waals surface area contributed by atoms with Crippen LogP contribution in [0.2, 0.25) is 0 Å². The van der Waals surface area contributed by atoms with Gasteiger partial charge in [0, 0.05) is 5.92 Å². The molecule has 27 heavy (non-hydrogen) atoms. The topological polar surface area (TPSA) is 58.9 Å². The van der Waals surface area contributed by atoms with Gasteiger partial charge in [0.05, 0.1) is 25.4 Å². The van der Waals surface area contributed by atoms with Crippen molar-refractivity contribution in [2.75, 3.05) is 13.2 Å². The lowest BCUT2D eigenvalue weighted by atomic mass is 9.43. The highest BCUT2D eigenvalue weighted by Gasteiger charge is 2.66. The fourth-order valence-electron chi connectivity index (χ4n) is 8.95. The molecule has 154 valence electrons. The first-order chi connectivity index (χ1) is 12.8. The van der Waals surface area contributed by atoms with E-state index in [0.717, 1.165) is 32.1 Å². The first kappa shape index (κ1) is 18.8. The molecule has 0 radical (unpaired) electrons. The van der Waals surface area contributed by atoms with E-state index in [1.807, 2.05) is 0 Å². The molecule has 0 unspecified atom stereocenters. The predicted octanol–water partition coefficient (Wildman–Crippen LogP) is 3.74. The minimum atomic E-state index is -0.466. The maximum atomic E-state index is 11.5. The third-order valence-electron chi connectivity index (χ3n) is 10.1. The van der Waals surface area contributed by atoms with Crippen molar-refractivity contribution < 1.29 is 19.7 Å². The molecule has 0 amide bonds. The van der Waals surface area contributed by atoms with E-state index in [0.29, 0.717) is 42.8 Å². The summed E-state index contributed by atoms with van der Waals surface area (Å²) in [6.07, 6.45) is 8.31. The van der Waals surface area contributed by atoms with E-state index in [1.165, 1.54) is 19.3 Å². The Kier molecular flexibility index (Phi) is 4.30. The average Bonchev–Trinajstić information content (AvgIpc) is 3.19. The summed E-state index contributed by atoms with van der Waals surface area (Å²) in [4.78, 5) is 0. The Labute approximate surface area is 164 Å². The summed E-state index contributed by atoms with van der Waals surface area (Å²) in [5.74, 6) is 2.19. The van der Waals surface area contributed by atoms with Gasteiger partial charge in [0.1, 0.15) is 0 Å². The van der Waals surface area contributed by atoms with Gasteiger partial charge in [-0.2, -0.15) is 0 Å². The Balaban J connectivity index is 1.46. The summed E-state index contributed by atoms with van der Waals surface area (Å²) in [5.41, 5.74) is 0.308. The molecule has 1 aliphatic heterocycles. The van der Waals surface area contributed by atoms with Crippen LogP contribution >= 0.6 is 0 Å². The maximum Gasteiger partial charge on any atom is 0.169 e. The van der Waals surface area contributed by atoms with Crippen LogP contribution in [-0.2, 0) is 9.47 Å². The molecule has 4 heteroatoms. The molecule has 0 aromatic rings. The number of hydrogen-bond donors (Lipinski definition) is 2. The van der Waals surface area contributed by atoms with Gasteiger partial charge >= 0.3 is 0 Å². The first-order valence-corrected chi connectivity index (χ1v) is 11.4. The zero-order chi connectivity index (χ0) is 19.0. The minimum Gasteiger partial charge on any atom is -0.393 e. The second-order valence-corrected chi connectivity index (χ2v) is 11.1. The fraction of sp³-hybridized carbons (Fsp3) is 1.00. The quantitative estimate of drug-likeness (QED) is 0.730. The van der Waals surface area contributed by atoms with E-state index in [2.05, 4.69) is 20.8 Å². The predicted molar refractivity (Wildman–Crippen MR) is 103 cm³/mol. The molecule has 2 N–H and O–H groups in total. The third kappa shape index (κ3) is 2.55. The molecular weight excluding hydrogens is 340 g/mol. The first-order valence-electron chi connectivity index (χ1n) is 11.4. The molecule has 4 nitrogen and oxygen atoms in total. The molecule has 5 fully saturated rings. The highest BCUT2D eigenvalue weighted by atomic mass is 16.7. The number of rotatable bonds is 1. The zero-order valence-corrected chi connectivity index (χ0v) is 17.3. The maximum absolute atomic E-state index is 11.5. The van der Waals surface area contributed by atoms with Crippen LogP contribution in [0.1, 0.15) is 72.1 Å². The van der Waals surface area contributed by atoms with Crippen molar-refractivity contribution in [1.29, 1.82) is 0 Å². The molecule has 0 aromatic heterocycles. The molecular formula is C23H38O4. The Morgan fingerprint density at radius 2 is 1.59 bits per heavy atom. The van der Waals surface area contributed by atoms with Gasteiger partial charge in [0.2, 0.25) is 0 Å². The number of aliphatic hydroxyl groups excluding tert-OH is 2. The van der Waals surface area contributed by atoms with E-state index >= 15 is 0 Å². The Morgan fingerprint density at radius 1 is 0.852 bits per heavy atom. The van der Waals surface area contributed by atoms with Gasteiger partial charge in [0.15, 0.2) is 5.79 Å². The SMILES string of the molecule is CC1([C@@H]2CC[C@@H]3[C@@H]4CC[C@@H]5C[C@H](O)CC[C@]5(C)[C@@H]4[C@H](O)C[C@]32C)OCCO1. The molecule has 4 saturated carbocycles. The van der Waals surface area contributed by atoms with Gasteiger partial charge in [-0.05, 0) is 92.8 Å². The van der Waals surface area contributed by atoms with Gasteiger partial charge in [-0.1, -0.05) is 13.8 Å². The number of ether oxygens (including phenoxy) is 2. The van der Waals surface area contributed by atoms with E-state index in [4.69, 9.17) is 9.47 Å². The summed E-state index contributed by atoms with van der Waals surface area (Å²) in [7, 11) is 0. The van der Waals surface area contributed by atoms with Crippen LogP contribution in [0.3, 0.4) is 0 Å². The normalized spacial score (nSPS) is 57.0. The van der Waals surface area contributed by atoms with Crippen molar-refractivity contribution in [3.8, 4) is 0 Å². The lowest BCUT2D eigenvalue weighted by Gasteiger charge is -2.62. The van der Waals surface area contributed by atoms with Crippen molar-refractivity contribution in [2.24, 2.45) is 40.4 Å². The standard InChI is InChI=1S/C23H38O4/c1-21-9-8-15(24)12-14(21)4-5-16-17-6-7-19(23(3)26-10-11-27-23)22(17,2)13-18(25)20(16)21/h14-20,24-25H,4-13H2,1-3H3/t14-,15-,16+,17-,18-,19-,20+,21+,22-/m1/s1. The summed E-state index contributed by atoms with van der Waals surface area (Å²) in [6.45, 7) is 8.39. The van der Waals surface area contributed by atoms with Crippen molar-refractivity contribution >= 4 is 0 Å². The summed E-state index contributed by atoms with van der Waals surface area (Å²) >= 11 is 0. The highest BCUT2D eigenvalue weighted by molar-refractivity contribution is 5.13. The van der Waals surface area contributed by atoms with Crippen LogP contribution in [0, 0.1) is 40.4 Å². The Hall–Kier alpha value is -0.160. The second-order valence-electron chi connectivity index (χ2n) is 11.1. The van der Waals surface area contributed by atoms with Gasteiger partial charge in [-0.15, -0.1) is 0 Å². The molecule has 9 atom stereocenters. The highest BCUT2D eigenvalue weighted by Crippen LogP contribution is 2.69. The Bertz CT molecular complexity index is 587. The molecule has 1 heterocycles. The molecule has 0 spiro atoms. The third-order valence-corrected chi connectivity index (χ3v) is 10.1. The van der Waals surface area contributed by atoms with Gasteiger partial charge < -0.3 is 19.7 Å². The lowest BCUT2D eigenvalue weighted by molar-refractivity contribution is -0.232. The number of aliphatic hydroxyl groups is 2. The van der Waals surface area contributed by atoms with Crippen LogP contribution in [0.15, 0.2) is 0 Å². The summed E-state index contributed by atoms with van der Waals surface area (Å²) in [5, 5.41) is 21.7. The summed E-state index contributed by atoms with van der Waals surface area (Å²) in [6, 6.07) is 0. The molecule has 4 aliphatic carbocycles. The molecule has 5 rings (SSSR count). The van der Waals surface area contributed by atoms with E-state index in [1.54, 1.807) is 0 Å². The average molecular weight is 379 g/mol. The second kappa shape index (κ2) is 6.17. The van der Waals surface area contributed by atoms with Gasteiger partial charge in [-0.25, -0.2) is 0 Å². The molecule has 0 bridgehead atoms. The number of hydrogen-bond acceptors (Lipinski definition) is 4. The molecule has 0 aromatic carbocycles. The van der Waals surface area contributed by atoms with Crippen LogP contribution in [-0.4, -0.2) is 41.4 Å². The molecule has 1 saturated heterocycles. The van der Waals surface area contributed by atoms with Crippen LogP contribution in [0.4, 0.5) is 0 Å². The summed E-state index contributed by atoms with van der Waals surface area (Å²) < 4.78 is 12.2. The van der Waals surface area contributed by atoms with Crippen molar-refractivity contribution in [3.63, 3.8) is 0 Å². The largest absolute Gasteiger partial charge is 0.393 e. The van der Waals surface area contributed by atoms with Gasteiger partial charge in [0.25, 0.3) is 0 Å². The van der Waals surface area contributed by atoms with E-state index in [-0.39, 0.29) is 23.0 Å². The van der Waals surface area contributed by atoms with E-state index < -0.39 is 5.79 Å². The van der Waals surface area contributed by atoms with Crippen molar-refractivity contribution in [3.05, 3.63) is 0 Å². The zero-order valence-electron chi connectivity index (χ0n) is 17.3. The van der Waals surface area contributed by atoms with Crippen LogP contribution in [0.25, 0.3) is 0 Å². The van der Waals surface area contributed by atoms with Crippen LogP contribution in [0.5, 0.6) is 0 Å². The Morgan fingerprint density at radius 3 is 2.33 bits per heavy atom. The lowest BCUT2D eigenvalue weighted by Crippen LogP contribution is -2.60.